The van der Waals surface area contributed by atoms with E-state index in [0.29, 0.717) is 16.1 Å². The monoisotopic (exact) mass is 419 g/mol. The number of thioether (sulfide) groups is 1. The standard InChI is InChI=1S/C20H26ClN5OS/c1-4-25-8-10-26(11-9-25)19(27)16-7-5-6-15(12-16)14-28-20-22-17(21)13-18(23-20)24(2)3/h5-7,12-13H,4,8-11,14H2,1-3H3. The van der Waals surface area contributed by atoms with Gasteiger partial charge in [-0.2, -0.15) is 0 Å². The summed E-state index contributed by atoms with van der Waals surface area (Å²) in [5, 5.41) is 1.06. The summed E-state index contributed by atoms with van der Waals surface area (Å²) in [6.07, 6.45) is 0. The first-order chi connectivity index (χ1) is 13.5. The third-order valence-corrected chi connectivity index (χ3v) is 5.88. The molecule has 150 valence electrons. The van der Waals surface area contributed by atoms with Crippen LogP contribution in [-0.4, -0.2) is 72.5 Å². The lowest BCUT2D eigenvalue weighted by Gasteiger charge is -2.34. The molecule has 0 bridgehead atoms. The van der Waals surface area contributed by atoms with Gasteiger partial charge in [0.1, 0.15) is 11.0 Å². The second kappa shape index (κ2) is 9.58. The van der Waals surface area contributed by atoms with Gasteiger partial charge in [0, 0.05) is 57.7 Å². The molecule has 1 fully saturated rings. The van der Waals surface area contributed by atoms with Crippen molar-refractivity contribution in [2.75, 3.05) is 51.7 Å². The molecule has 0 radical (unpaired) electrons. The fourth-order valence-electron chi connectivity index (χ4n) is 3.07. The van der Waals surface area contributed by atoms with Crippen molar-refractivity contribution in [2.24, 2.45) is 0 Å². The summed E-state index contributed by atoms with van der Waals surface area (Å²) in [6.45, 7) is 6.65. The summed E-state index contributed by atoms with van der Waals surface area (Å²) in [5.41, 5.74) is 1.81. The fourth-order valence-corrected chi connectivity index (χ4v) is 4.09. The molecule has 1 aliphatic rings. The molecular formula is C20H26ClN5OS. The molecule has 6 nitrogen and oxygen atoms in total. The number of anilines is 1. The topological polar surface area (TPSA) is 52.6 Å². The number of hydrogen-bond donors (Lipinski definition) is 0. The first kappa shape index (κ1) is 20.9. The van der Waals surface area contributed by atoms with Gasteiger partial charge in [-0.05, 0) is 24.2 Å². The molecule has 8 heteroatoms. The summed E-state index contributed by atoms with van der Waals surface area (Å²) in [4.78, 5) is 27.8. The molecule has 1 saturated heterocycles. The van der Waals surface area contributed by atoms with E-state index in [1.54, 1.807) is 6.07 Å². The smallest absolute Gasteiger partial charge is 0.253 e. The predicted molar refractivity (Wildman–Crippen MR) is 115 cm³/mol. The Balaban J connectivity index is 1.65. The fraction of sp³-hybridized carbons (Fsp3) is 0.450. The van der Waals surface area contributed by atoms with Gasteiger partial charge in [-0.3, -0.25) is 4.79 Å². The minimum absolute atomic E-state index is 0.108. The third-order valence-electron chi connectivity index (χ3n) is 4.77. The van der Waals surface area contributed by atoms with Crippen LogP contribution in [0, 0.1) is 0 Å². The summed E-state index contributed by atoms with van der Waals surface area (Å²) >= 11 is 7.62. The predicted octanol–water partition coefficient (Wildman–Crippen LogP) is 3.27. The quantitative estimate of drug-likeness (QED) is 0.407. The van der Waals surface area contributed by atoms with E-state index >= 15 is 0 Å². The molecule has 2 aromatic rings. The number of nitrogens with zero attached hydrogens (tertiary/aromatic N) is 5. The molecule has 1 aromatic carbocycles. The van der Waals surface area contributed by atoms with Gasteiger partial charge in [0.25, 0.3) is 5.91 Å². The summed E-state index contributed by atoms with van der Waals surface area (Å²) in [5.74, 6) is 1.56. The maximum atomic E-state index is 12.8. The molecule has 0 N–H and O–H groups in total. The van der Waals surface area contributed by atoms with E-state index in [1.165, 1.54) is 11.8 Å². The molecule has 1 amide bonds. The molecule has 0 saturated carbocycles. The van der Waals surface area contributed by atoms with Crippen molar-refractivity contribution in [1.82, 2.24) is 19.8 Å². The third kappa shape index (κ3) is 5.37. The minimum atomic E-state index is 0.108. The van der Waals surface area contributed by atoms with Crippen molar-refractivity contribution in [1.29, 1.82) is 0 Å². The van der Waals surface area contributed by atoms with Gasteiger partial charge < -0.3 is 14.7 Å². The Bertz CT molecular complexity index is 824. The number of piperazine rings is 1. The molecule has 0 spiro atoms. The minimum Gasteiger partial charge on any atom is -0.363 e. The Labute approximate surface area is 175 Å². The van der Waals surface area contributed by atoms with Gasteiger partial charge in [0.2, 0.25) is 0 Å². The Hall–Kier alpha value is -1.83. The first-order valence-corrected chi connectivity index (χ1v) is 10.8. The number of aromatic nitrogens is 2. The zero-order chi connectivity index (χ0) is 20.1. The molecule has 0 atom stereocenters. The van der Waals surface area contributed by atoms with Crippen molar-refractivity contribution in [3.8, 4) is 0 Å². The SMILES string of the molecule is CCN1CCN(C(=O)c2cccc(CSc3nc(Cl)cc(N(C)C)n3)c2)CC1. The van der Waals surface area contributed by atoms with E-state index in [4.69, 9.17) is 11.6 Å². The van der Waals surface area contributed by atoms with E-state index in [-0.39, 0.29) is 5.91 Å². The number of benzene rings is 1. The zero-order valence-corrected chi connectivity index (χ0v) is 18.1. The van der Waals surface area contributed by atoms with E-state index in [9.17, 15) is 4.79 Å². The van der Waals surface area contributed by atoms with Crippen LogP contribution in [0.25, 0.3) is 0 Å². The van der Waals surface area contributed by atoms with E-state index in [1.807, 2.05) is 48.2 Å². The number of rotatable bonds is 6. The lowest BCUT2D eigenvalue weighted by Crippen LogP contribution is -2.48. The number of carbonyl (C=O) groups is 1. The van der Waals surface area contributed by atoms with E-state index < -0.39 is 0 Å². The normalized spacial score (nSPS) is 14.9. The highest BCUT2D eigenvalue weighted by Gasteiger charge is 2.21. The Morgan fingerprint density at radius 2 is 1.93 bits per heavy atom. The van der Waals surface area contributed by atoms with Gasteiger partial charge in [0.05, 0.1) is 0 Å². The molecule has 0 aliphatic carbocycles. The van der Waals surface area contributed by atoms with Gasteiger partial charge in [-0.1, -0.05) is 42.4 Å². The highest BCUT2D eigenvalue weighted by atomic mass is 35.5. The van der Waals surface area contributed by atoms with Crippen molar-refractivity contribution < 1.29 is 4.79 Å². The van der Waals surface area contributed by atoms with Gasteiger partial charge in [-0.25, -0.2) is 9.97 Å². The summed E-state index contributed by atoms with van der Waals surface area (Å²) < 4.78 is 0. The summed E-state index contributed by atoms with van der Waals surface area (Å²) in [6, 6.07) is 9.57. The average molecular weight is 420 g/mol. The largest absolute Gasteiger partial charge is 0.363 e. The van der Waals surface area contributed by atoms with E-state index in [2.05, 4.69) is 21.8 Å². The second-order valence-corrected chi connectivity index (χ2v) is 8.27. The molecule has 1 aliphatic heterocycles. The van der Waals surface area contributed by atoms with Crippen molar-refractivity contribution >= 4 is 35.1 Å². The molecule has 1 aromatic heterocycles. The lowest BCUT2D eigenvalue weighted by atomic mass is 10.1. The Morgan fingerprint density at radius 3 is 2.61 bits per heavy atom. The Morgan fingerprint density at radius 1 is 1.18 bits per heavy atom. The van der Waals surface area contributed by atoms with Crippen molar-refractivity contribution in [3.05, 3.63) is 46.6 Å². The molecule has 28 heavy (non-hydrogen) atoms. The highest BCUT2D eigenvalue weighted by molar-refractivity contribution is 7.98. The van der Waals surface area contributed by atoms with Crippen molar-refractivity contribution in [2.45, 2.75) is 17.8 Å². The number of hydrogen-bond acceptors (Lipinski definition) is 6. The number of halogens is 1. The van der Waals surface area contributed by atoms with Crippen LogP contribution in [0.1, 0.15) is 22.8 Å². The molecule has 0 unspecified atom stereocenters. The second-order valence-electron chi connectivity index (χ2n) is 6.94. The number of amides is 1. The van der Waals surface area contributed by atoms with Crippen molar-refractivity contribution in [3.63, 3.8) is 0 Å². The van der Waals surface area contributed by atoms with Crippen LogP contribution in [0.2, 0.25) is 5.15 Å². The molecule has 3 rings (SSSR count). The van der Waals surface area contributed by atoms with Crippen LogP contribution < -0.4 is 4.90 Å². The number of carbonyl (C=O) groups excluding carboxylic acids is 1. The zero-order valence-electron chi connectivity index (χ0n) is 16.6. The summed E-state index contributed by atoms with van der Waals surface area (Å²) in [7, 11) is 3.84. The lowest BCUT2D eigenvalue weighted by molar-refractivity contribution is 0.0643. The molecule has 2 heterocycles. The highest BCUT2D eigenvalue weighted by Crippen LogP contribution is 2.24. The van der Waals surface area contributed by atoms with Crippen LogP contribution in [0.3, 0.4) is 0 Å². The van der Waals surface area contributed by atoms with Crippen LogP contribution >= 0.6 is 23.4 Å². The maximum Gasteiger partial charge on any atom is 0.253 e. The molecular weight excluding hydrogens is 394 g/mol. The van der Waals surface area contributed by atoms with Crippen LogP contribution in [0.5, 0.6) is 0 Å². The van der Waals surface area contributed by atoms with Crippen LogP contribution in [0.4, 0.5) is 5.82 Å². The van der Waals surface area contributed by atoms with Gasteiger partial charge in [0.15, 0.2) is 5.16 Å². The van der Waals surface area contributed by atoms with Gasteiger partial charge in [-0.15, -0.1) is 0 Å². The van der Waals surface area contributed by atoms with Gasteiger partial charge >= 0.3 is 0 Å². The van der Waals surface area contributed by atoms with Crippen LogP contribution in [-0.2, 0) is 5.75 Å². The Kier molecular flexibility index (Phi) is 7.15. The van der Waals surface area contributed by atoms with Crippen LogP contribution in [0.15, 0.2) is 35.5 Å². The number of likely N-dealkylation sites (N-methyl/N-ethyl adjacent to an activating group) is 1. The maximum absolute atomic E-state index is 12.8. The average Bonchev–Trinajstić information content (AvgIpc) is 2.71. The van der Waals surface area contributed by atoms with E-state index in [0.717, 1.165) is 49.7 Å². The first-order valence-electron chi connectivity index (χ1n) is 9.41.